The topological polar surface area (TPSA) is 96.0 Å². The maximum atomic E-state index is 13.9. The molecule has 0 aliphatic heterocycles. The summed E-state index contributed by atoms with van der Waals surface area (Å²) in [6.07, 6.45) is 1.70. The van der Waals surface area contributed by atoms with Gasteiger partial charge >= 0.3 is 0 Å². The van der Waals surface area contributed by atoms with E-state index < -0.39 is 16.1 Å². The fourth-order valence-electron chi connectivity index (χ4n) is 4.58. The van der Waals surface area contributed by atoms with Crippen LogP contribution < -0.4 is 14.4 Å². The first-order valence-corrected chi connectivity index (χ1v) is 16.6. The van der Waals surface area contributed by atoms with E-state index in [1.165, 1.54) is 17.5 Å². The minimum absolute atomic E-state index is 0.0319. The molecule has 3 aromatic carbocycles. The molecule has 226 valence electrons. The summed E-state index contributed by atoms with van der Waals surface area (Å²) in [5.74, 6) is -0.0739. The molecule has 0 radical (unpaired) electrons. The lowest BCUT2D eigenvalue weighted by atomic mass is 10.0. The fraction of sp³-hybridized carbons (Fsp3) is 0.355. The summed E-state index contributed by atoms with van der Waals surface area (Å²) in [6.45, 7) is 4.02. The summed E-state index contributed by atoms with van der Waals surface area (Å²) >= 11 is 9.75. The van der Waals surface area contributed by atoms with Crippen LogP contribution in [-0.2, 0) is 32.6 Å². The molecule has 0 unspecified atom stereocenters. The van der Waals surface area contributed by atoms with Gasteiger partial charge < -0.3 is 15.0 Å². The number of carbonyl (C=O) groups excluding carboxylic acids is 2. The van der Waals surface area contributed by atoms with Crippen LogP contribution in [0.4, 0.5) is 5.69 Å². The van der Waals surface area contributed by atoms with Crippen molar-refractivity contribution < 1.29 is 22.7 Å². The van der Waals surface area contributed by atoms with Gasteiger partial charge in [0.05, 0.1) is 24.1 Å². The maximum Gasteiger partial charge on any atom is 0.243 e. The van der Waals surface area contributed by atoms with Gasteiger partial charge in [-0.1, -0.05) is 70.0 Å². The number of anilines is 1. The highest BCUT2D eigenvalue weighted by Crippen LogP contribution is 2.30. The van der Waals surface area contributed by atoms with Gasteiger partial charge in [0.1, 0.15) is 11.8 Å². The first kappa shape index (κ1) is 33.4. The lowest BCUT2D eigenvalue weighted by molar-refractivity contribution is -0.141. The molecule has 8 nitrogen and oxygen atoms in total. The number of hydrogen-bond donors (Lipinski definition) is 1. The third kappa shape index (κ3) is 9.74. The van der Waals surface area contributed by atoms with Crippen molar-refractivity contribution >= 4 is 55.1 Å². The first-order valence-electron chi connectivity index (χ1n) is 13.6. The van der Waals surface area contributed by atoms with Crippen LogP contribution in [-0.4, -0.2) is 57.1 Å². The van der Waals surface area contributed by atoms with E-state index in [1.807, 2.05) is 68.4 Å². The summed E-state index contributed by atoms with van der Waals surface area (Å²) < 4.78 is 32.6. The average Bonchev–Trinajstić information content (AvgIpc) is 2.92. The van der Waals surface area contributed by atoms with Crippen LogP contribution in [0.2, 0.25) is 5.02 Å². The Bertz CT molecular complexity index is 1470. The monoisotopic (exact) mass is 677 g/mol. The number of nitrogens with one attached hydrogen (secondary N) is 1. The zero-order chi connectivity index (χ0) is 30.9. The van der Waals surface area contributed by atoms with Gasteiger partial charge in [-0.15, -0.1) is 0 Å². The van der Waals surface area contributed by atoms with E-state index in [-0.39, 0.29) is 48.8 Å². The molecule has 0 spiro atoms. The predicted molar refractivity (Wildman–Crippen MR) is 171 cm³/mol. The molecule has 3 rings (SSSR count). The number of hydrogen-bond acceptors (Lipinski definition) is 5. The van der Waals surface area contributed by atoms with Gasteiger partial charge in [-0.25, -0.2) is 8.42 Å². The molecule has 0 aliphatic carbocycles. The fourth-order valence-corrected chi connectivity index (χ4v) is 6.24. The Labute approximate surface area is 262 Å². The number of amides is 2. The second kappa shape index (κ2) is 15.4. The maximum absolute atomic E-state index is 13.9. The van der Waals surface area contributed by atoms with Crippen molar-refractivity contribution in [1.29, 1.82) is 0 Å². The zero-order valence-corrected chi connectivity index (χ0v) is 27.4. The Balaban J connectivity index is 1.89. The van der Waals surface area contributed by atoms with E-state index in [4.69, 9.17) is 16.3 Å². The van der Waals surface area contributed by atoms with E-state index >= 15 is 0 Å². The molecule has 0 fully saturated rings. The van der Waals surface area contributed by atoms with E-state index in [0.717, 1.165) is 21.9 Å². The Morgan fingerprint density at radius 3 is 2.29 bits per heavy atom. The second-order valence-electron chi connectivity index (χ2n) is 10.3. The molecule has 0 aromatic heterocycles. The third-order valence-corrected chi connectivity index (χ3v) is 8.50. The van der Waals surface area contributed by atoms with Gasteiger partial charge in [0, 0.05) is 36.4 Å². The van der Waals surface area contributed by atoms with Crippen LogP contribution in [0.25, 0.3) is 0 Å². The van der Waals surface area contributed by atoms with Gasteiger partial charge in [0.25, 0.3) is 0 Å². The lowest BCUT2D eigenvalue weighted by Crippen LogP contribution is -2.51. The van der Waals surface area contributed by atoms with Crippen LogP contribution >= 0.6 is 27.5 Å². The molecule has 3 aromatic rings. The molecule has 0 heterocycles. The van der Waals surface area contributed by atoms with E-state index in [9.17, 15) is 18.0 Å². The number of halogens is 2. The largest absolute Gasteiger partial charge is 0.495 e. The molecule has 1 N–H and O–H groups in total. The zero-order valence-electron chi connectivity index (χ0n) is 24.2. The molecule has 0 saturated heterocycles. The smallest absolute Gasteiger partial charge is 0.243 e. The van der Waals surface area contributed by atoms with Crippen molar-refractivity contribution in [2.24, 2.45) is 0 Å². The number of rotatable bonds is 14. The van der Waals surface area contributed by atoms with Crippen LogP contribution in [0.3, 0.4) is 0 Å². The number of carbonyl (C=O) groups is 2. The molecular formula is C31H37BrClN3O5S. The Hall–Kier alpha value is -3.08. The number of methoxy groups -OCH3 is 1. The highest BCUT2D eigenvalue weighted by Gasteiger charge is 2.31. The molecule has 2 amide bonds. The Kier molecular flexibility index (Phi) is 12.3. The number of ether oxygens (including phenoxy) is 1. The van der Waals surface area contributed by atoms with Crippen molar-refractivity contribution in [2.45, 2.75) is 51.7 Å². The highest BCUT2D eigenvalue weighted by atomic mass is 79.9. The molecule has 0 saturated carbocycles. The SMILES string of the molecule is COc1ccc(N(CCCC(=O)N(Cc2cccc(Br)c2)[C@@H](Cc2ccccc2)C(=O)NC(C)C)S(C)(=O)=O)cc1Cl. The molecule has 11 heteroatoms. The minimum atomic E-state index is -3.67. The molecule has 1 atom stereocenters. The molecule has 0 aliphatic rings. The Morgan fingerprint density at radius 2 is 1.69 bits per heavy atom. The summed E-state index contributed by atoms with van der Waals surface area (Å²) in [6, 6.07) is 21.0. The number of sulfonamides is 1. The normalized spacial score (nSPS) is 12.1. The molecule has 0 bridgehead atoms. The lowest BCUT2D eigenvalue weighted by Gasteiger charge is -2.32. The number of benzene rings is 3. The van der Waals surface area contributed by atoms with Crippen molar-refractivity contribution in [3.8, 4) is 5.75 Å². The third-order valence-electron chi connectivity index (χ3n) is 6.52. The summed E-state index contributed by atoms with van der Waals surface area (Å²) in [5.41, 5.74) is 2.16. The molecule has 42 heavy (non-hydrogen) atoms. The first-order chi connectivity index (χ1) is 19.9. The van der Waals surface area contributed by atoms with Gasteiger partial charge in [0.15, 0.2) is 0 Å². The summed E-state index contributed by atoms with van der Waals surface area (Å²) in [7, 11) is -2.19. The average molecular weight is 679 g/mol. The Morgan fingerprint density at radius 1 is 1.00 bits per heavy atom. The van der Waals surface area contributed by atoms with E-state index in [2.05, 4.69) is 21.2 Å². The van der Waals surface area contributed by atoms with Crippen molar-refractivity contribution in [3.63, 3.8) is 0 Å². The van der Waals surface area contributed by atoms with E-state index in [0.29, 0.717) is 17.9 Å². The predicted octanol–water partition coefficient (Wildman–Crippen LogP) is 5.82. The van der Waals surface area contributed by atoms with Gasteiger partial charge in [-0.05, 0) is 61.7 Å². The molecular weight excluding hydrogens is 642 g/mol. The van der Waals surface area contributed by atoms with Crippen molar-refractivity contribution in [2.75, 3.05) is 24.2 Å². The van der Waals surface area contributed by atoms with Crippen LogP contribution in [0, 0.1) is 0 Å². The summed E-state index contributed by atoms with van der Waals surface area (Å²) in [5, 5.41) is 3.25. The standard InChI is InChI=1S/C31H37BrClN3O5S/c1-22(2)34-31(38)28(19-23-10-6-5-7-11-23)35(21-24-12-8-13-25(32)18-24)30(37)14-9-17-36(42(4,39)40)26-15-16-29(41-3)27(33)20-26/h5-8,10-13,15-16,18,20,22,28H,9,14,17,19,21H2,1-4H3,(H,34,38)/t28-/m0/s1. The highest BCUT2D eigenvalue weighted by molar-refractivity contribution is 9.10. The van der Waals surface area contributed by atoms with Crippen LogP contribution in [0.5, 0.6) is 5.75 Å². The van der Waals surface area contributed by atoms with Gasteiger partial charge in [-0.3, -0.25) is 13.9 Å². The number of nitrogens with zero attached hydrogens (tertiary/aromatic N) is 2. The second-order valence-corrected chi connectivity index (χ2v) is 13.5. The van der Waals surface area contributed by atoms with Gasteiger partial charge in [0.2, 0.25) is 21.8 Å². The minimum Gasteiger partial charge on any atom is -0.495 e. The van der Waals surface area contributed by atoms with Gasteiger partial charge in [-0.2, -0.15) is 0 Å². The van der Waals surface area contributed by atoms with Crippen molar-refractivity contribution in [1.82, 2.24) is 10.2 Å². The van der Waals surface area contributed by atoms with Crippen LogP contribution in [0.1, 0.15) is 37.8 Å². The summed E-state index contributed by atoms with van der Waals surface area (Å²) in [4.78, 5) is 29.0. The van der Waals surface area contributed by atoms with Crippen molar-refractivity contribution in [3.05, 3.63) is 93.4 Å². The van der Waals surface area contributed by atoms with Crippen LogP contribution in [0.15, 0.2) is 77.3 Å². The quantitative estimate of drug-likeness (QED) is 0.232. The van der Waals surface area contributed by atoms with E-state index in [1.54, 1.807) is 17.0 Å².